The number of amides is 1. The molecule has 126 valence electrons. The van der Waals surface area contributed by atoms with Crippen LogP contribution in [0.25, 0.3) is 0 Å². The lowest BCUT2D eigenvalue weighted by Gasteiger charge is -2.09. The monoisotopic (exact) mass is 349 g/mol. The zero-order valence-corrected chi connectivity index (χ0v) is 14.8. The van der Waals surface area contributed by atoms with Gasteiger partial charge in [0.2, 0.25) is 5.91 Å². The normalized spacial score (nSPS) is 10.3. The topological polar surface area (TPSA) is 38.3 Å². The molecule has 0 spiro atoms. The van der Waals surface area contributed by atoms with E-state index in [2.05, 4.69) is 5.32 Å². The first-order valence-corrected chi connectivity index (χ1v) is 9.00. The maximum Gasteiger partial charge on any atom is 0.234 e. The summed E-state index contributed by atoms with van der Waals surface area (Å²) in [5, 5.41) is 2.91. The summed E-state index contributed by atoms with van der Waals surface area (Å²) in [5.74, 6) is 1.78. The predicted octanol–water partition coefficient (Wildman–Crippen LogP) is 5.52. The van der Waals surface area contributed by atoms with Crippen molar-refractivity contribution in [2.45, 2.75) is 11.8 Å². The zero-order valence-electron chi connectivity index (χ0n) is 13.9. The van der Waals surface area contributed by atoms with Crippen LogP contribution in [-0.4, -0.2) is 11.7 Å². The molecule has 0 aliphatic rings. The van der Waals surface area contributed by atoms with E-state index < -0.39 is 0 Å². The Kier molecular flexibility index (Phi) is 5.75. The van der Waals surface area contributed by atoms with Crippen molar-refractivity contribution in [3.05, 3.63) is 84.4 Å². The van der Waals surface area contributed by atoms with Gasteiger partial charge in [0.1, 0.15) is 11.5 Å². The third-order valence-electron chi connectivity index (χ3n) is 3.49. The molecule has 0 radical (unpaired) electrons. The molecule has 1 amide bonds. The lowest BCUT2D eigenvalue weighted by atomic mass is 10.2. The van der Waals surface area contributed by atoms with Gasteiger partial charge in [0, 0.05) is 16.6 Å². The average molecular weight is 349 g/mol. The van der Waals surface area contributed by atoms with Crippen LogP contribution < -0.4 is 10.1 Å². The van der Waals surface area contributed by atoms with E-state index in [4.69, 9.17) is 4.74 Å². The summed E-state index contributed by atoms with van der Waals surface area (Å²) >= 11 is 1.52. The summed E-state index contributed by atoms with van der Waals surface area (Å²) in [6.45, 7) is 2.05. The van der Waals surface area contributed by atoms with E-state index in [0.29, 0.717) is 11.5 Å². The van der Waals surface area contributed by atoms with Crippen LogP contribution in [0.2, 0.25) is 0 Å². The van der Waals surface area contributed by atoms with Gasteiger partial charge in [0.15, 0.2) is 0 Å². The van der Waals surface area contributed by atoms with Crippen LogP contribution in [0.4, 0.5) is 5.69 Å². The maximum atomic E-state index is 12.1. The summed E-state index contributed by atoms with van der Waals surface area (Å²) in [5.41, 5.74) is 1.94. The number of para-hydroxylation sites is 1. The van der Waals surface area contributed by atoms with Crippen molar-refractivity contribution in [3.63, 3.8) is 0 Å². The summed E-state index contributed by atoms with van der Waals surface area (Å²) in [7, 11) is 0. The smallest absolute Gasteiger partial charge is 0.234 e. The molecule has 0 saturated carbocycles. The lowest BCUT2D eigenvalue weighted by Crippen LogP contribution is -2.13. The minimum Gasteiger partial charge on any atom is -0.457 e. The number of hydrogen-bond acceptors (Lipinski definition) is 3. The van der Waals surface area contributed by atoms with Gasteiger partial charge in [-0.15, -0.1) is 11.8 Å². The average Bonchev–Trinajstić information content (AvgIpc) is 2.62. The van der Waals surface area contributed by atoms with Crippen LogP contribution in [-0.2, 0) is 4.79 Å². The van der Waals surface area contributed by atoms with Crippen molar-refractivity contribution < 1.29 is 9.53 Å². The molecule has 0 fully saturated rings. The number of aryl methyl sites for hydroxylation is 1. The standard InChI is InChI=1S/C21H19NO2S/c1-16-10-12-20(13-11-16)25-15-21(23)22-17-6-5-9-19(14-17)24-18-7-3-2-4-8-18/h2-14H,15H2,1H3,(H,22,23). The quantitative estimate of drug-likeness (QED) is 0.596. The number of anilines is 1. The molecule has 0 heterocycles. The number of benzene rings is 3. The molecular weight excluding hydrogens is 330 g/mol. The Morgan fingerprint density at radius 2 is 1.64 bits per heavy atom. The number of rotatable bonds is 6. The Morgan fingerprint density at radius 3 is 2.40 bits per heavy atom. The molecule has 0 atom stereocenters. The molecule has 0 aliphatic carbocycles. The van der Waals surface area contributed by atoms with Crippen LogP contribution in [0.3, 0.4) is 0 Å². The Morgan fingerprint density at radius 1 is 0.920 bits per heavy atom. The van der Waals surface area contributed by atoms with E-state index in [0.717, 1.165) is 16.3 Å². The van der Waals surface area contributed by atoms with E-state index >= 15 is 0 Å². The van der Waals surface area contributed by atoms with Gasteiger partial charge < -0.3 is 10.1 Å². The number of thioether (sulfide) groups is 1. The number of hydrogen-bond donors (Lipinski definition) is 1. The fraction of sp³-hybridized carbons (Fsp3) is 0.0952. The minimum atomic E-state index is -0.0394. The van der Waals surface area contributed by atoms with Crippen molar-refractivity contribution in [2.75, 3.05) is 11.1 Å². The van der Waals surface area contributed by atoms with Gasteiger partial charge in [-0.05, 0) is 43.3 Å². The maximum absolute atomic E-state index is 12.1. The zero-order chi connectivity index (χ0) is 17.5. The highest BCUT2D eigenvalue weighted by molar-refractivity contribution is 8.00. The second-order valence-electron chi connectivity index (χ2n) is 5.59. The fourth-order valence-electron chi connectivity index (χ4n) is 2.24. The number of ether oxygens (including phenoxy) is 1. The van der Waals surface area contributed by atoms with Crippen LogP contribution in [0.5, 0.6) is 11.5 Å². The molecule has 0 aromatic heterocycles. The fourth-order valence-corrected chi connectivity index (χ4v) is 2.94. The highest BCUT2D eigenvalue weighted by atomic mass is 32.2. The molecule has 0 aliphatic heterocycles. The number of carbonyl (C=O) groups is 1. The molecule has 3 rings (SSSR count). The Balaban J connectivity index is 1.56. The summed E-state index contributed by atoms with van der Waals surface area (Å²) < 4.78 is 5.78. The van der Waals surface area contributed by atoms with Crippen molar-refractivity contribution in [2.24, 2.45) is 0 Å². The summed E-state index contributed by atoms with van der Waals surface area (Å²) in [6, 6.07) is 25.1. The first-order valence-electron chi connectivity index (χ1n) is 8.01. The summed E-state index contributed by atoms with van der Waals surface area (Å²) in [6.07, 6.45) is 0. The number of carbonyl (C=O) groups excluding carboxylic acids is 1. The molecule has 0 unspecified atom stereocenters. The van der Waals surface area contributed by atoms with Gasteiger partial charge in [-0.1, -0.05) is 42.0 Å². The lowest BCUT2D eigenvalue weighted by molar-refractivity contribution is -0.113. The second kappa shape index (κ2) is 8.40. The van der Waals surface area contributed by atoms with E-state index in [1.807, 2.05) is 85.8 Å². The molecule has 3 aromatic carbocycles. The predicted molar refractivity (Wildman–Crippen MR) is 103 cm³/mol. The molecular formula is C21H19NO2S. The third-order valence-corrected chi connectivity index (χ3v) is 4.50. The van der Waals surface area contributed by atoms with Gasteiger partial charge in [-0.3, -0.25) is 4.79 Å². The van der Waals surface area contributed by atoms with Crippen LogP contribution >= 0.6 is 11.8 Å². The van der Waals surface area contributed by atoms with Gasteiger partial charge in [0.25, 0.3) is 0 Å². The largest absolute Gasteiger partial charge is 0.457 e. The van der Waals surface area contributed by atoms with Crippen molar-refractivity contribution in [1.82, 2.24) is 0 Å². The third kappa shape index (κ3) is 5.40. The minimum absolute atomic E-state index is 0.0394. The Hall–Kier alpha value is -2.72. The molecule has 1 N–H and O–H groups in total. The van der Waals surface area contributed by atoms with E-state index in [9.17, 15) is 4.79 Å². The van der Waals surface area contributed by atoms with Gasteiger partial charge in [-0.2, -0.15) is 0 Å². The molecule has 3 aromatic rings. The highest BCUT2D eigenvalue weighted by Gasteiger charge is 2.05. The SMILES string of the molecule is Cc1ccc(SCC(=O)Nc2cccc(Oc3ccccc3)c2)cc1. The van der Waals surface area contributed by atoms with Crippen molar-refractivity contribution in [3.8, 4) is 11.5 Å². The van der Waals surface area contributed by atoms with Crippen molar-refractivity contribution in [1.29, 1.82) is 0 Å². The van der Waals surface area contributed by atoms with Gasteiger partial charge >= 0.3 is 0 Å². The van der Waals surface area contributed by atoms with Crippen molar-refractivity contribution >= 4 is 23.4 Å². The molecule has 4 heteroatoms. The van der Waals surface area contributed by atoms with Gasteiger partial charge in [0.05, 0.1) is 5.75 Å². The van der Waals surface area contributed by atoms with E-state index in [1.165, 1.54) is 17.3 Å². The highest BCUT2D eigenvalue weighted by Crippen LogP contribution is 2.24. The van der Waals surface area contributed by atoms with Gasteiger partial charge in [-0.25, -0.2) is 0 Å². The molecule has 0 bridgehead atoms. The molecule has 25 heavy (non-hydrogen) atoms. The molecule has 3 nitrogen and oxygen atoms in total. The first-order chi connectivity index (χ1) is 12.2. The number of nitrogens with one attached hydrogen (secondary N) is 1. The summed E-state index contributed by atoms with van der Waals surface area (Å²) in [4.78, 5) is 13.2. The second-order valence-corrected chi connectivity index (χ2v) is 6.64. The van der Waals surface area contributed by atoms with E-state index in [-0.39, 0.29) is 5.91 Å². The van der Waals surface area contributed by atoms with E-state index in [1.54, 1.807) is 0 Å². The van der Waals surface area contributed by atoms with Crippen LogP contribution in [0.1, 0.15) is 5.56 Å². The Labute approximate surface area is 152 Å². The molecule has 0 saturated heterocycles. The van der Waals surface area contributed by atoms with Crippen LogP contribution in [0.15, 0.2) is 83.8 Å². The first kappa shape index (κ1) is 17.1. The van der Waals surface area contributed by atoms with Crippen LogP contribution in [0, 0.1) is 6.92 Å². The Bertz CT molecular complexity index is 832.